The first-order chi connectivity index (χ1) is 10.7. The van der Waals surface area contributed by atoms with Crippen molar-refractivity contribution in [1.29, 1.82) is 0 Å². The molecule has 5 heteroatoms. The molecule has 23 heavy (non-hydrogen) atoms. The Labute approximate surface area is 140 Å². The number of rotatable bonds is 9. The Morgan fingerprint density at radius 3 is 2.48 bits per heavy atom. The Hall–Kier alpha value is -0.650. The minimum atomic E-state index is -0.633. The van der Waals surface area contributed by atoms with Crippen molar-refractivity contribution in [2.24, 2.45) is 0 Å². The lowest BCUT2D eigenvalue weighted by atomic mass is 10.0. The second-order valence-corrected chi connectivity index (χ2v) is 7.48. The molecule has 0 aliphatic carbocycles. The predicted molar refractivity (Wildman–Crippen MR) is 89.1 cm³/mol. The molecular weight excluding hydrogens is 296 g/mol. The molecule has 136 valence electrons. The highest BCUT2D eigenvalue weighted by molar-refractivity contribution is 5.69. The zero-order valence-electron chi connectivity index (χ0n) is 15.4. The molecule has 0 bridgehead atoms. The molecule has 0 radical (unpaired) electrons. The van der Waals surface area contributed by atoms with Crippen LogP contribution in [-0.4, -0.2) is 41.3 Å². The molecule has 0 saturated carbocycles. The fourth-order valence-corrected chi connectivity index (χ4v) is 2.76. The van der Waals surface area contributed by atoms with Gasteiger partial charge in [-0.3, -0.25) is 4.79 Å². The Morgan fingerprint density at radius 2 is 1.87 bits per heavy atom. The molecule has 0 spiro atoms. The van der Waals surface area contributed by atoms with E-state index in [4.69, 9.17) is 14.2 Å². The number of aliphatic hydroxyl groups excluding tert-OH is 1. The van der Waals surface area contributed by atoms with Gasteiger partial charge in [-0.05, 0) is 47.0 Å². The summed E-state index contributed by atoms with van der Waals surface area (Å²) in [5, 5.41) is 9.29. The van der Waals surface area contributed by atoms with Crippen molar-refractivity contribution in [3.63, 3.8) is 0 Å². The van der Waals surface area contributed by atoms with E-state index in [9.17, 15) is 9.90 Å². The molecular formula is C18H34O5. The summed E-state index contributed by atoms with van der Waals surface area (Å²) in [4.78, 5) is 11.8. The summed E-state index contributed by atoms with van der Waals surface area (Å²) in [5.41, 5.74) is -0.363. The lowest BCUT2D eigenvalue weighted by Gasteiger charge is -2.40. The predicted octanol–water partition coefficient (Wildman–Crippen LogP) is 3.57. The molecule has 0 aromatic rings. The minimum Gasteiger partial charge on any atom is -0.460 e. The van der Waals surface area contributed by atoms with E-state index in [-0.39, 0.29) is 30.4 Å². The largest absolute Gasteiger partial charge is 0.460 e. The second-order valence-electron chi connectivity index (χ2n) is 7.48. The van der Waals surface area contributed by atoms with Crippen LogP contribution in [0.2, 0.25) is 0 Å². The van der Waals surface area contributed by atoms with Gasteiger partial charge in [-0.2, -0.15) is 0 Å². The molecule has 5 nitrogen and oxygen atoms in total. The van der Waals surface area contributed by atoms with Crippen LogP contribution in [0, 0.1) is 0 Å². The van der Waals surface area contributed by atoms with Crippen molar-refractivity contribution in [3.8, 4) is 0 Å². The Balaban J connectivity index is 2.18. The van der Waals surface area contributed by atoms with Crippen LogP contribution in [0.5, 0.6) is 0 Å². The number of aliphatic hydroxyl groups is 1. The van der Waals surface area contributed by atoms with Crippen LogP contribution in [0.15, 0.2) is 0 Å². The normalized spacial score (nSPS) is 24.4. The molecule has 0 aromatic heterocycles. The topological polar surface area (TPSA) is 65.0 Å². The molecule has 1 heterocycles. The molecule has 1 fully saturated rings. The highest BCUT2D eigenvalue weighted by atomic mass is 16.7. The van der Waals surface area contributed by atoms with Gasteiger partial charge in [0.15, 0.2) is 5.79 Å². The van der Waals surface area contributed by atoms with Gasteiger partial charge in [0.05, 0.1) is 18.8 Å². The van der Waals surface area contributed by atoms with Gasteiger partial charge >= 0.3 is 5.97 Å². The van der Waals surface area contributed by atoms with Gasteiger partial charge in [-0.25, -0.2) is 0 Å². The molecule has 1 aliphatic heterocycles. The quantitative estimate of drug-likeness (QED) is 0.517. The summed E-state index contributed by atoms with van der Waals surface area (Å²) in [7, 11) is 0. The van der Waals surface area contributed by atoms with Gasteiger partial charge in [0.25, 0.3) is 0 Å². The maximum absolute atomic E-state index is 11.8. The third kappa shape index (κ3) is 8.13. The van der Waals surface area contributed by atoms with E-state index in [0.29, 0.717) is 6.42 Å². The van der Waals surface area contributed by atoms with E-state index in [0.717, 1.165) is 38.5 Å². The average Bonchev–Trinajstić information content (AvgIpc) is 2.44. The van der Waals surface area contributed by atoms with Gasteiger partial charge in [0.1, 0.15) is 5.60 Å². The van der Waals surface area contributed by atoms with Crippen LogP contribution in [0.25, 0.3) is 0 Å². The summed E-state index contributed by atoms with van der Waals surface area (Å²) in [5.74, 6) is -0.744. The number of unbranched alkanes of at least 4 members (excludes halogenated alkanes) is 2. The van der Waals surface area contributed by atoms with Crippen LogP contribution < -0.4 is 0 Å². The maximum Gasteiger partial charge on any atom is 0.306 e. The van der Waals surface area contributed by atoms with Gasteiger partial charge in [-0.15, -0.1) is 0 Å². The summed E-state index contributed by atoms with van der Waals surface area (Å²) >= 11 is 0. The Bertz CT molecular complexity index is 364. The van der Waals surface area contributed by atoms with Gasteiger partial charge in [0.2, 0.25) is 0 Å². The number of ether oxygens (including phenoxy) is 3. The van der Waals surface area contributed by atoms with Gasteiger partial charge in [-0.1, -0.05) is 19.8 Å². The van der Waals surface area contributed by atoms with E-state index >= 15 is 0 Å². The summed E-state index contributed by atoms with van der Waals surface area (Å²) < 4.78 is 17.0. The van der Waals surface area contributed by atoms with E-state index in [1.165, 1.54) is 0 Å². The van der Waals surface area contributed by atoms with E-state index < -0.39 is 5.79 Å². The zero-order chi connectivity index (χ0) is 17.5. The van der Waals surface area contributed by atoms with Crippen molar-refractivity contribution >= 4 is 5.97 Å². The molecule has 1 rings (SSSR count). The minimum absolute atomic E-state index is 0.0301. The smallest absolute Gasteiger partial charge is 0.306 e. The van der Waals surface area contributed by atoms with Crippen molar-refractivity contribution in [2.45, 2.75) is 103 Å². The first-order valence-electron chi connectivity index (χ1n) is 8.86. The highest BCUT2D eigenvalue weighted by Crippen LogP contribution is 2.29. The fourth-order valence-electron chi connectivity index (χ4n) is 2.76. The molecule has 1 N–H and O–H groups in total. The SMILES string of the molecule is CCC(C)(C)OC(=O)CCCCC[C@@H]1C[C@H](CO)OC(C)(C)O1. The van der Waals surface area contributed by atoms with Crippen molar-refractivity contribution in [3.05, 3.63) is 0 Å². The average molecular weight is 330 g/mol. The third-order valence-corrected chi connectivity index (χ3v) is 4.28. The van der Waals surface area contributed by atoms with E-state index in [1.54, 1.807) is 0 Å². The summed E-state index contributed by atoms with van der Waals surface area (Å²) in [6, 6.07) is 0. The van der Waals surface area contributed by atoms with Crippen LogP contribution in [0.4, 0.5) is 0 Å². The molecule has 0 amide bonds. The second kappa shape index (κ2) is 9.00. The van der Waals surface area contributed by atoms with E-state index in [2.05, 4.69) is 0 Å². The van der Waals surface area contributed by atoms with Crippen molar-refractivity contribution in [1.82, 2.24) is 0 Å². The number of carbonyl (C=O) groups is 1. The molecule has 2 atom stereocenters. The Kier molecular flexibility index (Phi) is 7.98. The molecule has 0 aromatic carbocycles. The van der Waals surface area contributed by atoms with Gasteiger partial charge < -0.3 is 19.3 Å². The van der Waals surface area contributed by atoms with Gasteiger partial charge in [0, 0.05) is 12.8 Å². The lowest BCUT2D eigenvalue weighted by Crippen LogP contribution is -2.45. The van der Waals surface area contributed by atoms with Crippen LogP contribution >= 0.6 is 0 Å². The number of hydrogen-bond acceptors (Lipinski definition) is 5. The first-order valence-corrected chi connectivity index (χ1v) is 8.86. The number of carbonyl (C=O) groups excluding carboxylic acids is 1. The summed E-state index contributed by atoms with van der Waals surface area (Å²) in [6.07, 6.45) is 5.75. The summed E-state index contributed by atoms with van der Waals surface area (Å²) in [6.45, 7) is 9.69. The molecule has 1 aliphatic rings. The fraction of sp³-hybridized carbons (Fsp3) is 0.944. The number of hydrogen-bond donors (Lipinski definition) is 1. The van der Waals surface area contributed by atoms with Crippen molar-refractivity contribution in [2.75, 3.05) is 6.61 Å². The maximum atomic E-state index is 11.8. The van der Waals surface area contributed by atoms with E-state index in [1.807, 2.05) is 34.6 Å². The first kappa shape index (κ1) is 20.4. The zero-order valence-corrected chi connectivity index (χ0v) is 15.4. The standard InChI is InChI=1S/C18H34O5/c1-6-17(2,3)23-16(20)11-9-7-8-10-14-12-15(13-19)22-18(4,5)21-14/h14-15,19H,6-13H2,1-5H3/t14-,15-/m1/s1. The van der Waals surface area contributed by atoms with Crippen molar-refractivity contribution < 1.29 is 24.1 Å². The lowest BCUT2D eigenvalue weighted by molar-refractivity contribution is -0.304. The van der Waals surface area contributed by atoms with Crippen LogP contribution in [0.3, 0.4) is 0 Å². The Morgan fingerprint density at radius 1 is 1.22 bits per heavy atom. The highest BCUT2D eigenvalue weighted by Gasteiger charge is 2.34. The van der Waals surface area contributed by atoms with Crippen LogP contribution in [0.1, 0.15) is 79.6 Å². The monoisotopic (exact) mass is 330 g/mol. The van der Waals surface area contributed by atoms with Crippen LogP contribution in [-0.2, 0) is 19.0 Å². The molecule has 1 saturated heterocycles. The third-order valence-electron chi connectivity index (χ3n) is 4.28. The number of esters is 1. The molecule has 0 unspecified atom stereocenters.